The second kappa shape index (κ2) is 7.72. The number of phenols is 1. The minimum Gasteiger partial charge on any atom is -0.505 e. The molecule has 5 heteroatoms. The summed E-state index contributed by atoms with van der Waals surface area (Å²) < 4.78 is 0. The number of Topliss-reactive ketones (excluding diaryl/α,β-unsaturated/α-hetero) is 1. The van der Waals surface area contributed by atoms with Crippen molar-refractivity contribution in [3.63, 3.8) is 0 Å². The van der Waals surface area contributed by atoms with Gasteiger partial charge in [0.15, 0.2) is 12.1 Å². The third kappa shape index (κ3) is 4.03. The van der Waals surface area contributed by atoms with E-state index in [0.717, 1.165) is 18.0 Å². The lowest BCUT2D eigenvalue weighted by molar-refractivity contribution is -0.116. The zero-order valence-corrected chi connectivity index (χ0v) is 14.7. The molecule has 1 atom stereocenters. The van der Waals surface area contributed by atoms with Gasteiger partial charge in [0.2, 0.25) is 0 Å². The average Bonchev–Trinajstić information content (AvgIpc) is 2.61. The van der Waals surface area contributed by atoms with E-state index in [-0.39, 0.29) is 17.1 Å². The zero-order chi connectivity index (χ0) is 17.8. The standard InChI is InChI=1S/C20H26N2O3/c1-13(10-14-6-3-2-4-7-14)21-17-11-18(24)19(17)22-16-9-5-8-15(12-23)20(16)25/h5,8-9,12-14,21-22,25H,2-4,6-7,10-11H2,1H3. The van der Waals surface area contributed by atoms with E-state index in [1.165, 1.54) is 38.2 Å². The summed E-state index contributed by atoms with van der Waals surface area (Å²) in [5, 5.41) is 16.5. The first kappa shape index (κ1) is 17.5. The molecule has 1 aromatic carbocycles. The zero-order valence-electron chi connectivity index (χ0n) is 14.7. The monoisotopic (exact) mass is 342 g/mol. The normalized spacial score (nSPS) is 19.3. The molecule has 0 spiro atoms. The maximum atomic E-state index is 12.0. The molecule has 5 nitrogen and oxygen atoms in total. The van der Waals surface area contributed by atoms with Gasteiger partial charge in [0, 0.05) is 11.7 Å². The van der Waals surface area contributed by atoms with Gasteiger partial charge in [-0.25, -0.2) is 0 Å². The summed E-state index contributed by atoms with van der Waals surface area (Å²) in [6, 6.07) is 5.19. The number of hydrogen-bond acceptors (Lipinski definition) is 5. The number of nitrogens with one attached hydrogen (secondary N) is 2. The van der Waals surface area contributed by atoms with Gasteiger partial charge in [-0.3, -0.25) is 9.59 Å². The SMILES string of the molecule is CC(CC1CCCCC1)NC1=C(Nc2cccc(C=O)c2O)C(=O)C1. The van der Waals surface area contributed by atoms with E-state index in [4.69, 9.17) is 0 Å². The summed E-state index contributed by atoms with van der Waals surface area (Å²) in [6.07, 6.45) is 8.75. The van der Waals surface area contributed by atoms with Gasteiger partial charge >= 0.3 is 0 Å². The molecule has 1 saturated carbocycles. The maximum absolute atomic E-state index is 12.0. The third-order valence-corrected chi connectivity index (χ3v) is 5.20. The molecule has 3 rings (SSSR count). The fourth-order valence-electron chi connectivity index (χ4n) is 3.84. The first-order chi connectivity index (χ1) is 12.1. The van der Waals surface area contributed by atoms with Crippen LogP contribution in [0.5, 0.6) is 5.75 Å². The molecule has 2 aliphatic rings. The number of rotatable bonds is 7. The highest BCUT2D eigenvalue weighted by Gasteiger charge is 2.29. The lowest BCUT2D eigenvalue weighted by Crippen LogP contribution is -2.37. The fourth-order valence-corrected chi connectivity index (χ4v) is 3.84. The van der Waals surface area contributed by atoms with Crippen LogP contribution >= 0.6 is 0 Å². The van der Waals surface area contributed by atoms with Gasteiger partial charge in [0.1, 0.15) is 11.4 Å². The number of aromatic hydroxyl groups is 1. The second-order valence-corrected chi connectivity index (χ2v) is 7.22. The Morgan fingerprint density at radius 1 is 1.28 bits per heavy atom. The largest absolute Gasteiger partial charge is 0.505 e. The summed E-state index contributed by atoms with van der Waals surface area (Å²) in [5.41, 5.74) is 1.97. The molecule has 0 aliphatic heterocycles. The number of aldehydes is 1. The van der Waals surface area contributed by atoms with Crippen LogP contribution in [-0.4, -0.2) is 23.2 Å². The van der Waals surface area contributed by atoms with Crippen LogP contribution in [-0.2, 0) is 4.79 Å². The van der Waals surface area contributed by atoms with Crippen molar-refractivity contribution in [1.82, 2.24) is 5.32 Å². The van der Waals surface area contributed by atoms with Crippen molar-refractivity contribution in [1.29, 1.82) is 0 Å². The highest BCUT2D eigenvalue weighted by Crippen LogP contribution is 2.32. The Bertz CT molecular complexity index is 690. The molecule has 3 N–H and O–H groups in total. The van der Waals surface area contributed by atoms with Crippen molar-refractivity contribution in [3.05, 3.63) is 35.2 Å². The molecule has 25 heavy (non-hydrogen) atoms. The van der Waals surface area contributed by atoms with Gasteiger partial charge in [0.25, 0.3) is 0 Å². The Morgan fingerprint density at radius 3 is 2.72 bits per heavy atom. The van der Waals surface area contributed by atoms with Crippen LogP contribution in [0.4, 0.5) is 5.69 Å². The minimum atomic E-state index is -0.126. The highest BCUT2D eigenvalue weighted by atomic mass is 16.3. The van der Waals surface area contributed by atoms with Crippen LogP contribution in [0.1, 0.15) is 62.2 Å². The molecule has 134 valence electrons. The van der Waals surface area contributed by atoms with Crippen molar-refractivity contribution >= 4 is 17.8 Å². The molecule has 0 radical (unpaired) electrons. The summed E-state index contributed by atoms with van der Waals surface area (Å²) in [5.74, 6) is 0.667. The third-order valence-electron chi connectivity index (χ3n) is 5.20. The number of para-hydroxylation sites is 1. The van der Waals surface area contributed by atoms with Gasteiger partial charge in [-0.1, -0.05) is 38.2 Å². The van der Waals surface area contributed by atoms with E-state index in [9.17, 15) is 14.7 Å². The van der Waals surface area contributed by atoms with Gasteiger partial charge in [-0.15, -0.1) is 0 Å². The van der Waals surface area contributed by atoms with E-state index >= 15 is 0 Å². The summed E-state index contributed by atoms with van der Waals surface area (Å²) in [4.78, 5) is 22.9. The van der Waals surface area contributed by atoms with Gasteiger partial charge in [0.05, 0.1) is 17.7 Å². The molecule has 0 aromatic heterocycles. The van der Waals surface area contributed by atoms with Crippen molar-refractivity contribution < 1.29 is 14.7 Å². The van der Waals surface area contributed by atoms with Crippen LogP contribution in [0.15, 0.2) is 29.6 Å². The molecule has 1 aromatic rings. The number of hydrogen-bond donors (Lipinski definition) is 3. The van der Waals surface area contributed by atoms with Crippen LogP contribution in [0.2, 0.25) is 0 Å². The predicted octanol–water partition coefficient (Wildman–Crippen LogP) is 3.75. The Hall–Kier alpha value is -2.30. The number of ketones is 1. The molecular weight excluding hydrogens is 316 g/mol. The van der Waals surface area contributed by atoms with E-state index < -0.39 is 0 Å². The second-order valence-electron chi connectivity index (χ2n) is 7.22. The Balaban J connectivity index is 1.65. The number of benzene rings is 1. The van der Waals surface area contributed by atoms with Gasteiger partial charge in [-0.2, -0.15) is 0 Å². The number of carbonyl (C=O) groups excluding carboxylic acids is 2. The smallest absolute Gasteiger partial charge is 0.186 e. The summed E-state index contributed by atoms with van der Waals surface area (Å²) in [6.45, 7) is 2.16. The predicted molar refractivity (Wildman–Crippen MR) is 97.6 cm³/mol. The van der Waals surface area contributed by atoms with Gasteiger partial charge < -0.3 is 15.7 Å². The van der Waals surface area contributed by atoms with Crippen LogP contribution in [0.25, 0.3) is 0 Å². The van der Waals surface area contributed by atoms with Crippen molar-refractivity contribution in [2.75, 3.05) is 5.32 Å². The van der Waals surface area contributed by atoms with Crippen molar-refractivity contribution in [3.8, 4) is 5.75 Å². The van der Waals surface area contributed by atoms with Crippen molar-refractivity contribution in [2.45, 2.75) is 57.9 Å². The molecule has 2 aliphatic carbocycles. The van der Waals surface area contributed by atoms with Crippen LogP contribution in [0.3, 0.4) is 0 Å². The summed E-state index contributed by atoms with van der Waals surface area (Å²) in [7, 11) is 0. The molecule has 1 unspecified atom stereocenters. The highest BCUT2D eigenvalue weighted by molar-refractivity contribution is 6.07. The Labute approximate surface area is 148 Å². The van der Waals surface area contributed by atoms with E-state index in [1.807, 2.05) is 0 Å². The van der Waals surface area contributed by atoms with E-state index in [0.29, 0.717) is 30.1 Å². The molecule has 0 saturated heterocycles. The number of phenolic OH excluding ortho intramolecular Hbond substituents is 1. The van der Waals surface area contributed by atoms with E-state index in [1.54, 1.807) is 12.1 Å². The first-order valence-corrected chi connectivity index (χ1v) is 9.15. The topological polar surface area (TPSA) is 78.4 Å². The van der Waals surface area contributed by atoms with Gasteiger partial charge in [-0.05, 0) is 31.4 Å². The molecule has 0 bridgehead atoms. The first-order valence-electron chi connectivity index (χ1n) is 9.15. The average molecular weight is 342 g/mol. The minimum absolute atomic E-state index is 0.0169. The number of anilines is 1. The molecular formula is C20H26N2O3. The Kier molecular flexibility index (Phi) is 5.41. The maximum Gasteiger partial charge on any atom is 0.186 e. The number of carbonyl (C=O) groups is 2. The van der Waals surface area contributed by atoms with Crippen LogP contribution < -0.4 is 10.6 Å². The summed E-state index contributed by atoms with van der Waals surface area (Å²) >= 11 is 0. The molecule has 0 amide bonds. The molecule has 1 fully saturated rings. The quantitative estimate of drug-likeness (QED) is 0.519. The van der Waals surface area contributed by atoms with Crippen molar-refractivity contribution in [2.24, 2.45) is 5.92 Å². The fraction of sp³-hybridized carbons (Fsp3) is 0.500. The Morgan fingerprint density at radius 2 is 2.04 bits per heavy atom. The lowest BCUT2D eigenvalue weighted by Gasteiger charge is -2.30. The van der Waals surface area contributed by atoms with Crippen LogP contribution in [0, 0.1) is 5.92 Å². The number of allylic oxidation sites excluding steroid dienone is 2. The lowest BCUT2D eigenvalue weighted by atomic mass is 9.85. The van der Waals surface area contributed by atoms with E-state index in [2.05, 4.69) is 17.6 Å². The molecule has 0 heterocycles.